The van der Waals surface area contributed by atoms with Crippen molar-refractivity contribution in [2.45, 2.75) is 13.0 Å². The normalized spacial score (nSPS) is 16.3. The molecule has 1 atom stereocenters. The second-order valence-corrected chi connectivity index (χ2v) is 8.58. The highest BCUT2D eigenvalue weighted by molar-refractivity contribution is 6.51. The van der Waals surface area contributed by atoms with Crippen LogP contribution in [0, 0.1) is 11.3 Å². The molecule has 0 aromatic heterocycles. The van der Waals surface area contributed by atoms with Gasteiger partial charge in [0.25, 0.3) is 11.7 Å². The van der Waals surface area contributed by atoms with E-state index in [1.807, 2.05) is 6.07 Å². The number of hydrogen-bond acceptors (Lipinski definition) is 8. The van der Waals surface area contributed by atoms with Crippen molar-refractivity contribution >= 4 is 34.7 Å². The van der Waals surface area contributed by atoms with Gasteiger partial charge in [0.2, 0.25) is 0 Å². The highest BCUT2D eigenvalue weighted by Gasteiger charge is 2.47. The smallest absolute Gasteiger partial charge is 0.300 e. The fourth-order valence-electron chi connectivity index (χ4n) is 4.27. The number of ether oxygens (including phenoxy) is 3. The Kier molecular flexibility index (Phi) is 7.46. The molecule has 1 amide bonds. The van der Waals surface area contributed by atoms with E-state index < -0.39 is 23.5 Å². The number of carbonyl (C=O) groups excluding carboxylic acids is 2. The fraction of sp³-hybridized carbons (Fsp3) is 0.179. The summed E-state index contributed by atoms with van der Waals surface area (Å²) in [5.74, 6) is -1.91. The molecule has 9 nitrogen and oxygen atoms in total. The first-order valence-corrected chi connectivity index (χ1v) is 11.8. The summed E-state index contributed by atoms with van der Waals surface area (Å²) in [5.41, 5.74) is 0.913. The van der Waals surface area contributed by atoms with Gasteiger partial charge < -0.3 is 24.4 Å². The summed E-state index contributed by atoms with van der Waals surface area (Å²) in [5, 5.41) is 31.1. The number of carbonyl (C=O) groups is 2. The van der Waals surface area contributed by atoms with Crippen LogP contribution in [-0.2, 0) is 9.59 Å². The summed E-state index contributed by atoms with van der Waals surface area (Å²) >= 11 is 6.31. The number of ketones is 1. The molecule has 3 aromatic rings. The molecule has 4 rings (SSSR count). The standard InChI is InChI=1S/C28H23ClN2O7/c1-4-38-23-11-16(7-10-20(23)32)25-24(26(33)18-12-19(29)22(37-3)13-21(18)36-2)27(34)28(35)31(25)17-8-5-15(14-30)6-9-17/h5-13,25,32-33H,4H2,1-3H3/b26-24+. The average molecular weight is 535 g/mol. The second kappa shape index (κ2) is 10.7. The third-order valence-electron chi connectivity index (χ3n) is 6.05. The number of aliphatic hydroxyl groups is 1. The van der Waals surface area contributed by atoms with Crippen molar-refractivity contribution in [3.8, 4) is 29.1 Å². The number of methoxy groups -OCH3 is 2. The maximum atomic E-state index is 13.5. The van der Waals surface area contributed by atoms with Crippen LogP contribution in [-0.4, -0.2) is 42.7 Å². The van der Waals surface area contributed by atoms with E-state index in [2.05, 4.69) is 0 Å². The second-order valence-electron chi connectivity index (χ2n) is 8.17. The van der Waals surface area contributed by atoms with Gasteiger partial charge >= 0.3 is 0 Å². The molecular weight excluding hydrogens is 512 g/mol. The lowest BCUT2D eigenvalue weighted by atomic mass is 9.94. The van der Waals surface area contributed by atoms with E-state index in [1.165, 1.54) is 73.7 Å². The predicted molar refractivity (Wildman–Crippen MR) is 140 cm³/mol. The number of hydrogen-bond donors (Lipinski definition) is 2. The zero-order valence-electron chi connectivity index (χ0n) is 20.7. The van der Waals surface area contributed by atoms with Crippen molar-refractivity contribution in [3.63, 3.8) is 0 Å². The van der Waals surface area contributed by atoms with Crippen molar-refractivity contribution in [3.05, 3.63) is 81.9 Å². The molecule has 1 unspecified atom stereocenters. The number of benzene rings is 3. The number of nitrogens with zero attached hydrogens (tertiary/aromatic N) is 2. The number of aliphatic hydroxyl groups excluding tert-OH is 1. The van der Waals surface area contributed by atoms with Gasteiger partial charge in [-0.1, -0.05) is 17.7 Å². The van der Waals surface area contributed by atoms with Gasteiger partial charge in [-0.25, -0.2) is 0 Å². The summed E-state index contributed by atoms with van der Waals surface area (Å²) in [6.07, 6.45) is 0. The molecule has 1 aliphatic heterocycles. The van der Waals surface area contributed by atoms with Crippen LogP contribution >= 0.6 is 11.6 Å². The Hall–Kier alpha value is -4.68. The number of amides is 1. The molecule has 0 radical (unpaired) electrons. The summed E-state index contributed by atoms with van der Waals surface area (Å²) in [4.78, 5) is 28.1. The van der Waals surface area contributed by atoms with Gasteiger partial charge in [0.05, 0.1) is 54.7 Å². The van der Waals surface area contributed by atoms with Crippen molar-refractivity contribution in [1.29, 1.82) is 5.26 Å². The average Bonchev–Trinajstić information content (AvgIpc) is 3.19. The highest BCUT2D eigenvalue weighted by Crippen LogP contribution is 2.46. The Labute approximate surface area is 223 Å². The molecule has 1 fully saturated rings. The van der Waals surface area contributed by atoms with E-state index in [1.54, 1.807) is 6.92 Å². The number of nitriles is 1. The van der Waals surface area contributed by atoms with E-state index in [4.69, 9.17) is 25.8 Å². The molecule has 0 spiro atoms. The van der Waals surface area contributed by atoms with Crippen LogP contribution in [0.2, 0.25) is 5.02 Å². The zero-order valence-corrected chi connectivity index (χ0v) is 21.4. The van der Waals surface area contributed by atoms with E-state index in [0.717, 1.165) is 0 Å². The Morgan fingerprint density at radius 2 is 1.71 bits per heavy atom. The Balaban J connectivity index is 2.00. The number of halogens is 1. The van der Waals surface area contributed by atoms with Crippen LogP contribution in [0.1, 0.15) is 29.7 Å². The molecule has 1 saturated heterocycles. The van der Waals surface area contributed by atoms with Gasteiger partial charge in [-0.05, 0) is 55.0 Å². The molecule has 2 N–H and O–H groups in total. The SMILES string of the molecule is CCOc1cc(C2/C(=C(\O)c3cc(Cl)c(OC)cc3OC)C(=O)C(=O)N2c2ccc(C#N)cc2)ccc1O. The van der Waals surface area contributed by atoms with Crippen LogP contribution in [0.5, 0.6) is 23.0 Å². The van der Waals surface area contributed by atoms with Crippen molar-refractivity contribution < 1.29 is 34.0 Å². The minimum Gasteiger partial charge on any atom is -0.507 e. The summed E-state index contributed by atoms with van der Waals surface area (Å²) in [7, 11) is 2.80. The number of aromatic hydroxyl groups is 1. The lowest BCUT2D eigenvalue weighted by Crippen LogP contribution is -2.29. The first-order chi connectivity index (χ1) is 18.2. The third kappa shape index (κ3) is 4.58. The van der Waals surface area contributed by atoms with Gasteiger partial charge in [0.15, 0.2) is 11.5 Å². The van der Waals surface area contributed by atoms with Crippen LogP contribution in [0.15, 0.2) is 60.2 Å². The highest BCUT2D eigenvalue weighted by atomic mass is 35.5. The minimum absolute atomic E-state index is 0.0740. The van der Waals surface area contributed by atoms with Gasteiger partial charge in [-0.15, -0.1) is 0 Å². The van der Waals surface area contributed by atoms with Crippen LogP contribution in [0.3, 0.4) is 0 Å². The molecule has 1 aliphatic rings. The first kappa shape index (κ1) is 26.4. The molecule has 38 heavy (non-hydrogen) atoms. The number of Topliss-reactive ketones (excluding diaryl/α,β-unsaturated/α-hetero) is 1. The number of rotatable bonds is 7. The van der Waals surface area contributed by atoms with Crippen molar-refractivity contribution in [2.24, 2.45) is 0 Å². The van der Waals surface area contributed by atoms with Gasteiger partial charge in [0.1, 0.15) is 17.3 Å². The Bertz CT molecular complexity index is 1490. The van der Waals surface area contributed by atoms with Gasteiger partial charge in [-0.3, -0.25) is 14.5 Å². The predicted octanol–water partition coefficient (Wildman–Crippen LogP) is 4.96. The molecule has 1 heterocycles. The van der Waals surface area contributed by atoms with Crippen molar-refractivity contribution in [2.75, 3.05) is 25.7 Å². The first-order valence-electron chi connectivity index (χ1n) is 11.4. The molecule has 3 aromatic carbocycles. The number of anilines is 1. The van der Waals surface area contributed by atoms with Crippen LogP contribution < -0.4 is 19.1 Å². The Morgan fingerprint density at radius 1 is 1.03 bits per heavy atom. The lowest BCUT2D eigenvalue weighted by Gasteiger charge is -2.26. The van der Waals surface area contributed by atoms with E-state index in [0.29, 0.717) is 16.8 Å². The fourth-order valence-corrected chi connectivity index (χ4v) is 4.51. The topological polar surface area (TPSA) is 129 Å². The molecule has 0 bridgehead atoms. The summed E-state index contributed by atoms with van der Waals surface area (Å²) in [6, 6.07) is 14.2. The number of phenolic OH excluding ortho intramolecular Hbond substituents is 1. The quantitative estimate of drug-likeness (QED) is 0.247. The minimum atomic E-state index is -1.12. The third-order valence-corrected chi connectivity index (χ3v) is 6.34. The van der Waals surface area contributed by atoms with Crippen molar-refractivity contribution in [1.82, 2.24) is 0 Å². The maximum Gasteiger partial charge on any atom is 0.300 e. The van der Waals surface area contributed by atoms with E-state index in [-0.39, 0.29) is 45.8 Å². The summed E-state index contributed by atoms with van der Waals surface area (Å²) < 4.78 is 16.1. The summed E-state index contributed by atoms with van der Waals surface area (Å²) in [6.45, 7) is 2.00. The zero-order chi connectivity index (χ0) is 27.6. The van der Waals surface area contributed by atoms with E-state index >= 15 is 0 Å². The lowest BCUT2D eigenvalue weighted by molar-refractivity contribution is -0.132. The van der Waals surface area contributed by atoms with E-state index in [9.17, 15) is 25.1 Å². The Morgan fingerprint density at radius 3 is 2.32 bits per heavy atom. The number of phenols is 1. The molecule has 194 valence electrons. The molecule has 0 aliphatic carbocycles. The molecule has 10 heteroatoms. The van der Waals surface area contributed by atoms with Crippen LogP contribution in [0.25, 0.3) is 5.76 Å². The van der Waals surface area contributed by atoms with Gasteiger partial charge in [-0.2, -0.15) is 5.26 Å². The molecule has 0 saturated carbocycles. The monoisotopic (exact) mass is 534 g/mol. The maximum absolute atomic E-state index is 13.5. The largest absolute Gasteiger partial charge is 0.507 e. The van der Waals surface area contributed by atoms with Gasteiger partial charge in [0, 0.05) is 11.8 Å². The van der Waals surface area contributed by atoms with Crippen LogP contribution in [0.4, 0.5) is 5.69 Å². The molecular formula is C28H23ClN2O7.